The normalized spacial score (nSPS) is 11.6. The zero-order chi connectivity index (χ0) is 22.0. The number of aryl methyl sites for hydroxylation is 1. The second kappa shape index (κ2) is 13.2. The highest BCUT2D eigenvalue weighted by atomic mass is 127. The summed E-state index contributed by atoms with van der Waals surface area (Å²) in [7, 11) is 0. The highest BCUT2D eigenvalue weighted by molar-refractivity contribution is 14.0. The minimum atomic E-state index is -0.288. The number of amides is 1. The third-order valence-corrected chi connectivity index (χ3v) is 3.80. The van der Waals surface area contributed by atoms with Gasteiger partial charge in [-0.1, -0.05) is 0 Å². The van der Waals surface area contributed by atoms with E-state index in [-0.39, 0.29) is 48.1 Å². The number of carbonyl (C=O) groups is 1. The van der Waals surface area contributed by atoms with E-state index in [4.69, 9.17) is 4.74 Å². The molecule has 0 aliphatic heterocycles. The van der Waals surface area contributed by atoms with Crippen molar-refractivity contribution < 1.29 is 9.53 Å². The topological polar surface area (TPSA) is 92.6 Å². The van der Waals surface area contributed by atoms with Crippen LogP contribution in [0.1, 0.15) is 41.0 Å². The Labute approximate surface area is 202 Å². The van der Waals surface area contributed by atoms with Crippen molar-refractivity contribution in [2.45, 2.75) is 59.2 Å². The fourth-order valence-electron chi connectivity index (χ4n) is 2.65. The molecule has 0 unspecified atom stereocenters. The van der Waals surface area contributed by atoms with E-state index < -0.39 is 0 Å². The summed E-state index contributed by atoms with van der Waals surface area (Å²) in [6, 6.07) is 9.57. The average molecular weight is 542 g/mol. The van der Waals surface area contributed by atoms with Crippen LogP contribution in [0.15, 0.2) is 47.7 Å². The highest BCUT2D eigenvalue weighted by Crippen LogP contribution is 2.16. The molecular formula is C22H35IN6O2. The smallest absolute Gasteiger partial charge is 0.242 e. The van der Waals surface area contributed by atoms with E-state index in [2.05, 4.69) is 26.0 Å². The first-order valence-electron chi connectivity index (χ1n) is 10.3. The molecule has 9 heteroatoms. The Hall–Kier alpha value is -2.30. The van der Waals surface area contributed by atoms with E-state index in [1.165, 1.54) is 0 Å². The maximum absolute atomic E-state index is 12.1. The summed E-state index contributed by atoms with van der Waals surface area (Å²) < 4.78 is 7.56. The molecule has 0 aliphatic rings. The molecule has 1 aromatic carbocycles. The lowest BCUT2D eigenvalue weighted by atomic mass is 10.1. The third kappa shape index (κ3) is 11.6. The van der Waals surface area contributed by atoms with Gasteiger partial charge in [0, 0.05) is 36.7 Å². The fourth-order valence-corrected chi connectivity index (χ4v) is 2.65. The number of benzene rings is 1. The number of hydrogen-bond acceptors (Lipinski definition) is 4. The Bertz CT molecular complexity index is 798. The van der Waals surface area contributed by atoms with Crippen molar-refractivity contribution in [2.75, 3.05) is 18.4 Å². The van der Waals surface area contributed by atoms with Gasteiger partial charge < -0.3 is 20.7 Å². The van der Waals surface area contributed by atoms with Crippen molar-refractivity contribution in [3.05, 3.63) is 42.7 Å². The van der Waals surface area contributed by atoms with Gasteiger partial charge in [0.25, 0.3) is 0 Å². The average Bonchev–Trinajstić information content (AvgIpc) is 3.16. The largest absolute Gasteiger partial charge is 0.491 e. The number of aliphatic imine (C=N–C) groups is 1. The zero-order valence-electron chi connectivity index (χ0n) is 19.0. The molecule has 3 N–H and O–H groups in total. The molecule has 0 bridgehead atoms. The molecular weight excluding hydrogens is 507 g/mol. The maximum Gasteiger partial charge on any atom is 0.242 e. The molecule has 0 saturated carbocycles. The van der Waals surface area contributed by atoms with E-state index in [9.17, 15) is 4.79 Å². The van der Waals surface area contributed by atoms with Crippen molar-refractivity contribution in [3.8, 4) is 5.75 Å². The summed E-state index contributed by atoms with van der Waals surface area (Å²) in [5, 5.41) is 13.7. The van der Waals surface area contributed by atoms with Gasteiger partial charge in [0.05, 0.1) is 6.10 Å². The quantitative estimate of drug-likeness (QED) is 0.195. The van der Waals surface area contributed by atoms with Crippen LogP contribution in [-0.4, -0.2) is 46.4 Å². The number of aromatic nitrogens is 2. The van der Waals surface area contributed by atoms with E-state index in [0.717, 1.165) is 24.4 Å². The molecule has 172 valence electrons. The first-order valence-corrected chi connectivity index (χ1v) is 10.3. The van der Waals surface area contributed by atoms with Crippen LogP contribution in [0.2, 0.25) is 0 Å². The van der Waals surface area contributed by atoms with Gasteiger partial charge in [-0.15, -0.1) is 24.0 Å². The van der Waals surface area contributed by atoms with Crippen molar-refractivity contribution in [3.63, 3.8) is 0 Å². The van der Waals surface area contributed by atoms with E-state index in [1.54, 1.807) is 6.20 Å². The molecule has 2 rings (SSSR count). The zero-order valence-corrected chi connectivity index (χ0v) is 21.3. The Morgan fingerprint density at radius 3 is 2.52 bits per heavy atom. The number of anilines is 1. The highest BCUT2D eigenvalue weighted by Gasteiger charge is 2.13. The van der Waals surface area contributed by atoms with Gasteiger partial charge in [-0.3, -0.25) is 9.48 Å². The first kappa shape index (κ1) is 26.7. The molecule has 0 atom stereocenters. The van der Waals surface area contributed by atoms with Gasteiger partial charge in [0.15, 0.2) is 5.96 Å². The van der Waals surface area contributed by atoms with Crippen LogP contribution in [0.4, 0.5) is 5.69 Å². The van der Waals surface area contributed by atoms with Crippen LogP contribution in [0.25, 0.3) is 0 Å². The Kier molecular flexibility index (Phi) is 11.4. The lowest BCUT2D eigenvalue weighted by molar-refractivity contribution is -0.121. The molecule has 31 heavy (non-hydrogen) atoms. The molecule has 1 amide bonds. The predicted molar refractivity (Wildman–Crippen MR) is 136 cm³/mol. The molecule has 0 radical (unpaired) electrons. The summed E-state index contributed by atoms with van der Waals surface area (Å²) >= 11 is 0. The van der Waals surface area contributed by atoms with Crippen LogP contribution in [-0.2, 0) is 11.3 Å². The Morgan fingerprint density at radius 1 is 1.23 bits per heavy atom. The predicted octanol–water partition coefficient (Wildman–Crippen LogP) is 3.65. The van der Waals surface area contributed by atoms with Crippen LogP contribution in [0.3, 0.4) is 0 Å². The number of hydrogen-bond donors (Lipinski definition) is 3. The number of nitrogens with one attached hydrogen (secondary N) is 3. The number of halogens is 1. The van der Waals surface area contributed by atoms with Gasteiger partial charge in [-0.25, -0.2) is 4.99 Å². The van der Waals surface area contributed by atoms with Gasteiger partial charge >= 0.3 is 0 Å². The summed E-state index contributed by atoms with van der Waals surface area (Å²) in [6.07, 6.45) is 4.70. The maximum atomic E-state index is 12.1. The van der Waals surface area contributed by atoms with Gasteiger partial charge in [0.1, 0.15) is 12.3 Å². The Balaban J connectivity index is 0.00000480. The second-order valence-electron chi connectivity index (χ2n) is 8.33. The number of carbonyl (C=O) groups excluding carboxylic acids is 1. The SMILES string of the molecule is CC(C)Oc1ccc(NC(=NCC(=O)NC(C)(C)C)NCCCn2cccn2)cc1.I. The van der Waals surface area contributed by atoms with Gasteiger partial charge in [-0.05, 0) is 71.4 Å². The molecule has 0 fully saturated rings. The van der Waals surface area contributed by atoms with E-state index >= 15 is 0 Å². The summed E-state index contributed by atoms with van der Waals surface area (Å²) in [6.45, 7) is 11.4. The number of rotatable bonds is 9. The van der Waals surface area contributed by atoms with Crippen LogP contribution >= 0.6 is 24.0 Å². The minimum Gasteiger partial charge on any atom is -0.491 e. The van der Waals surface area contributed by atoms with Crippen molar-refractivity contribution in [2.24, 2.45) is 4.99 Å². The fraction of sp³-hybridized carbons (Fsp3) is 0.500. The third-order valence-electron chi connectivity index (χ3n) is 3.80. The first-order chi connectivity index (χ1) is 14.2. The molecule has 1 heterocycles. The van der Waals surface area contributed by atoms with Crippen molar-refractivity contribution in [1.29, 1.82) is 0 Å². The van der Waals surface area contributed by atoms with Crippen LogP contribution in [0, 0.1) is 0 Å². The van der Waals surface area contributed by atoms with Gasteiger partial charge in [-0.2, -0.15) is 5.10 Å². The van der Waals surface area contributed by atoms with Crippen molar-refractivity contribution in [1.82, 2.24) is 20.4 Å². The Morgan fingerprint density at radius 2 is 1.94 bits per heavy atom. The number of guanidine groups is 1. The molecule has 8 nitrogen and oxygen atoms in total. The van der Waals surface area contributed by atoms with E-state index in [1.807, 2.05) is 75.8 Å². The van der Waals surface area contributed by atoms with Gasteiger partial charge in [0.2, 0.25) is 5.91 Å². The molecule has 1 aromatic heterocycles. The van der Waals surface area contributed by atoms with Crippen molar-refractivity contribution >= 4 is 41.5 Å². The summed E-state index contributed by atoms with van der Waals surface area (Å²) in [5.41, 5.74) is 0.574. The second-order valence-corrected chi connectivity index (χ2v) is 8.33. The molecule has 0 spiro atoms. The molecule has 2 aromatic rings. The minimum absolute atomic E-state index is 0. The number of ether oxygens (including phenoxy) is 1. The monoisotopic (exact) mass is 542 g/mol. The standard InChI is InChI=1S/C22H34N6O2.HI/c1-17(2)30-19-10-8-18(9-11-19)26-21(24-16-20(29)27-22(3,4)5)23-12-6-14-28-15-7-13-25-28;/h7-11,13,15,17H,6,12,14,16H2,1-5H3,(H,27,29)(H2,23,24,26);1H. The van der Waals surface area contributed by atoms with Crippen LogP contribution in [0.5, 0.6) is 5.75 Å². The summed E-state index contributed by atoms with van der Waals surface area (Å²) in [4.78, 5) is 16.6. The lowest BCUT2D eigenvalue weighted by Gasteiger charge is -2.20. The van der Waals surface area contributed by atoms with Crippen LogP contribution < -0.4 is 20.7 Å². The molecule has 0 saturated heterocycles. The van der Waals surface area contributed by atoms with E-state index in [0.29, 0.717) is 12.5 Å². The number of nitrogens with zero attached hydrogens (tertiary/aromatic N) is 3. The summed E-state index contributed by atoms with van der Waals surface area (Å²) in [5.74, 6) is 1.24. The lowest BCUT2D eigenvalue weighted by Crippen LogP contribution is -2.42. The molecule has 0 aliphatic carbocycles.